The fraction of sp³-hybridized carbons (Fsp3) is 0.529. The van der Waals surface area contributed by atoms with E-state index in [2.05, 4.69) is 5.32 Å². The molecule has 5 nitrogen and oxygen atoms in total. The zero-order chi connectivity index (χ0) is 17.6. The highest BCUT2D eigenvalue weighted by molar-refractivity contribution is 6.31. The number of esters is 1. The van der Waals surface area contributed by atoms with Crippen LogP contribution >= 0.6 is 11.6 Å². The van der Waals surface area contributed by atoms with Crippen LogP contribution in [-0.2, 0) is 22.3 Å². The van der Waals surface area contributed by atoms with Crippen molar-refractivity contribution in [3.05, 3.63) is 33.8 Å². The Labute approximate surface area is 142 Å². The number of rotatable bonds is 5. The zero-order valence-electron chi connectivity index (χ0n) is 14.3. The van der Waals surface area contributed by atoms with Gasteiger partial charge < -0.3 is 14.8 Å². The molecule has 0 aliphatic rings. The van der Waals surface area contributed by atoms with Gasteiger partial charge in [0.2, 0.25) is 0 Å². The van der Waals surface area contributed by atoms with E-state index in [-0.39, 0.29) is 0 Å². The third-order valence-corrected chi connectivity index (χ3v) is 3.35. The summed E-state index contributed by atoms with van der Waals surface area (Å²) in [6.07, 6.45) is 0.752. The van der Waals surface area contributed by atoms with E-state index in [0.717, 1.165) is 11.1 Å². The number of hydrogen-bond donors (Lipinski definition) is 1. The molecule has 6 heteroatoms. The highest BCUT2D eigenvalue weighted by atomic mass is 35.5. The Balaban J connectivity index is 2.82. The lowest BCUT2D eigenvalue weighted by Gasteiger charge is -2.20. The van der Waals surface area contributed by atoms with Crippen molar-refractivity contribution in [2.45, 2.75) is 46.1 Å². The first-order valence-electron chi connectivity index (χ1n) is 7.54. The van der Waals surface area contributed by atoms with E-state index in [9.17, 15) is 9.59 Å². The van der Waals surface area contributed by atoms with Crippen molar-refractivity contribution in [2.24, 2.45) is 0 Å². The van der Waals surface area contributed by atoms with Crippen LogP contribution in [0.3, 0.4) is 0 Å². The van der Waals surface area contributed by atoms with Crippen molar-refractivity contribution >= 4 is 23.7 Å². The summed E-state index contributed by atoms with van der Waals surface area (Å²) in [5, 5.41) is 3.17. The van der Waals surface area contributed by atoms with Crippen LogP contribution in [0, 0.1) is 0 Å². The van der Waals surface area contributed by atoms with E-state index < -0.39 is 17.7 Å². The van der Waals surface area contributed by atoms with Gasteiger partial charge in [0, 0.05) is 11.6 Å². The van der Waals surface area contributed by atoms with Crippen LogP contribution in [0.15, 0.2) is 12.1 Å². The van der Waals surface area contributed by atoms with Crippen molar-refractivity contribution < 1.29 is 19.1 Å². The Morgan fingerprint density at radius 3 is 2.43 bits per heavy atom. The largest absolute Gasteiger partial charge is 0.465 e. The maximum atomic E-state index is 11.9. The maximum absolute atomic E-state index is 11.9. The number of hydrogen-bond acceptors (Lipinski definition) is 4. The molecule has 0 spiro atoms. The van der Waals surface area contributed by atoms with Gasteiger partial charge in [-0.05, 0) is 56.9 Å². The molecule has 0 atom stereocenters. The van der Waals surface area contributed by atoms with Gasteiger partial charge >= 0.3 is 12.1 Å². The number of carbonyl (C=O) groups excluding carboxylic acids is 2. The topological polar surface area (TPSA) is 64.6 Å². The first-order chi connectivity index (χ1) is 10.7. The quantitative estimate of drug-likeness (QED) is 0.828. The molecule has 0 saturated heterocycles. The molecular formula is C17H24ClNO4. The Morgan fingerprint density at radius 1 is 1.26 bits per heavy atom. The number of halogens is 1. The molecule has 128 valence electrons. The first-order valence-corrected chi connectivity index (χ1v) is 7.92. The lowest BCUT2D eigenvalue weighted by Crippen LogP contribution is -2.33. The average Bonchev–Trinajstić information content (AvgIpc) is 2.43. The summed E-state index contributed by atoms with van der Waals surface area (Å²) in [6.45, 7) is 7.77. The van der Waals surface area contributed by atoms with Crippen LogP contribution in [0.4, 0.5) is 4.79 Å². The molecule has 1 amide bonds. The molecular weight excluding hydrogens is 318 g/mol. The van der Waals surface area contributed by atoms with Gasteiger partial charge in [-0.25, -0.2) is 9.59 Å². The summed E-state index contributed by atoms with van der Waals surface area (Å²) in [4.78, 5) is 23.5. The van der Waals surface area contributed by atoms with Crippen LogP contribution in [0.25, 0.3) is 0 Å². The second-order valence-corrected chi connectivity index (χ2v) is 6.55. The monoisotopic (exact) mass is 341 g/mol. The van der Waals surface area contributed by atoms with Crippen LogP contribution in [0.5, 0.6) is 0 Å². The van der Waals surface area contributed by atoms with Crippen LogP contribution in [0.2, 0.25) is 5.02 Å². The fourth-order valence-corrected chi connectivity index (χ4v) is 2.48. The molecule has 1 aromatic carbocycles. The highest BCUT2D eigenvalue weighted by Crippen LogP contribution is 2.23. The number of amides is 1. The molecule has 1 aromatic rings. The van der Waals surface area contributed by atoms with Crippen molar-refractivity contribution in [2.75, 3.05) is 13.7 Å². The van der Waals surface area contributed by atoms with E-state index in [0.29, 0.717) is 30.0 Å². The predicted octanol–water partition coefficient (Wildman–Crippen LogP) is 3.76. The Hall–Kier alpha value is -1.75. The maximum Gasteiger partial charge on any atom is 0.407 e. The van der Waals surface area contributed by atoms with Gasteiger partial charge in [0.15, 0.2) is 0 Å². The zero-order valence-corrected chi connectivity index (χ0v) is 15.0. The number of benzene rings is 1. The summed E-state index contributed by atoms with van der Waals surface area (Å²) in [5.74, 6) is -0.411. The van der Waals surface area contributed by atoms with E-state index in [1.807, 2.05) is 13.0 Å². The average molecular weight is 342 g/mol. The third-order valence-electron chi connectivity index (χ3n) is 3.13. The number of carbonyl (C=O) groups is 2. The van der Waals surface area contributed by atoms with Gasteiger partial charge in [0.25, 0.3) is 0 Å². The van der Waals surface area contributed by atoms with Crippen molar-refractivity contribution in [3.63, 3.8) is 0 Å². The molecule has 1 N–H and O–H groups in total. The molecule has 0 aliphatic heterocycles. The summed E-state index contributed by atoms with van der Waals surface area (Å²) in [7, 11) is 1.34. The van der Waals surface area contributed by atoms with Crippen LogP contribution in [-0.4, -0.2) is 31.3 Å². The van der Waals surface area contributed by atoms with E-state index in [4.69, 9.17) is 21.1 Å². The summed E-state index contributed by atoms with van der Waals surface area (Å²) in [6, 6.07) is 3.42. The normalized spacial score (nSPS) is 11.0. The molecule has 0 aromatic heterocycles. The highest BCUT2D eigenvalue weighted by Gasteiger charge is 2.17. The van der Waals surface area contributed by atoms with Gasteiger partial charge in [-0.1, -0.05) is 18.5 Å². The SMILES string of the molecule is CCc1c(CCNC(=O)OC(C)(C)C)cc(Cl)cc1C(=O)OC. The van der Waals surface area contributed by atoms with Crippen LogP contribution in [0.1, 0.15) is 49.2 Å². The Kier molecular flexibility index (Phi) is 6.88. The number of ether oxygens (including phenoxy) is 2. The van der Waals surface area contributed by atoms with Gasteiger partial charge in [-0.2, -0.15) is 0 Å². The van der Waals surface area contributed by atoms with E-state index >= 15 is 0 Å². The number of alkyl carbamates (subject to hydrolysis) is 1. The van der Waals surface area contributed by atoms with Crippen molar-refractivity contribution in [1.29, 1.82) is 0 Å². The minimum absolute atomic E-state index is 0.392. The van der Waals surface area contributed by atoms with Crippen molar-refractivity contribution in [3.8, 4) is 0 Å². The van der Waals surface area contributed by atoms with Gasteiger partial charge in [-0.3, -0.25) is 0 Å². The van der Waals surface area contributed by atoms with Gasteiger partial charge in [0.1, 0.15) is 5.60 Å². The number of methoxy groups -OCH3 is 1. The lowest BCUT2D eigenvalue weighted by molar-refractivity contribution is 0.0526. The molecule has 0 heterocycles. The fourth-order valence-electron chi connectivity index (χ4n) is 2.24. The molecule has 0 fully saturated rings. The second kappa shape index (κ2) is 8.20. The summed E-state index contributed by atoms with van der Waals surface area (Å²) < 4.78 is 9.98. The molecule has 23 heavy (non-hydrogen) atoms. The number of nitrogens with one attached hydrogen (secondary N) is 1. The molecule has 1 rings (SSSR count). The van der Waals surface area contributed by atoms with E-state index in [1.54, 1.807) is 26.8 Å². The minimum atomic E-state index is -0.535. The molecule has 0 saturated carbocycles. The third kappa shape index (κ3) is 6.10. The Bertz CT molecular complexity index is 579. The first kappa shape index (κ1) is 19.3. The summed E-state index contributed by atoms with van der Waals surface area (Å²) in [5.41, 5.74) is 1.73. The molecule has 0 radical (unpaired) electrons. The summed E-state index contributed by atoms with van der Waals surface area (Å²) >= 11 is 6.09. The molecule has 0 bridgehead atoms. The standard InChI is InChI=1S/C17H24ClNO4/c1-6-13-11(7-8-19-16(21)23-17(2,3)4)9-12(18)10-14(13)15(20)22-5/h9-10H,6-8H2,1-5H3,(H,19,21). The lowest BCUT2D eigenvalue weighted by atomic mass is 9.96. The predicted molar refractivity (Wildman–Crippen MR) is 90.1 cm³/mol. The van der Waals surface area contributed by atoms with E-state index in [1.165, 1.54) is 7.11 Å². The minimum Gasteiger partial charge on any atom is -0.465 e. The second-order valence-electron chi connectivity index (χ2n) is 6.11. The molecule has 0 unspecified atom stereocenters. The smallest absolute Gasteiger partial charge is 0.407 e. The molecule has 0 aliphatic carbocycles. The van der Waals surface area contributed by atoms with Gasteiger partial charge in [-0.15, -0.1) is 0 Å². The Morgan fingerprint density at radius 2 is 1.91 bits per heavy atom. The van der Waals surface area contributed by atoms with Crippen molar-refractivity contribution in [1.82, 2.24) is 5.32 Å². The van der Waals surface area contributed by atoms with Crippen LogP contribution < -0.4 is 5.32 Å². The van der Waals surface area contributed by atoms with Gasteiger partial charge in [0.05, 0.1) is 12.7 Å².